The Morgan fingerprint density at radius 1 is 0.857 bits per heavy atom. The summed E-state index contributed by atoms with van der Waals surface area (Å²) in [7, 11) is 0. The first-order valence-electron chi connectivity index (χ1n) is 9.77. The minimum atomic E-state index is 0.573. The van der Waals surface area contributed by atoms with Crippen molar-refractivity contribution >= 4 is 0 Å². The Morgan fingerprint density at radius 2 is 1.48 bits per heavy atom. The third-order valence-corrected chi connectivity index (χ3v) is 5.51. The van der Waals surface area contributed by atoms with E-state index in [9.17, 15) is 0 Å². The second-order valence-corrected chi connectivity index (χ2v) is 7.25. The van der Waals surface area contributed by atoms with Gasteiger partial charge in [0.05, 0.1) is 0 Å². The summed E-state index contributed by atoms with van der Waals surface area (Å²) < 4.78 is 0. The fraction of sp³-hybridized carbons (Fsp3) is 1.00. The molecule has 0 aromatic heterocycles. The van der Waals surface area contributed by atoms with Crippen LogP contribution in [0.2, 0.25) is 0 Å². The summed E-state index contributed by atoms with van der Waals surface area (Å²) >= 11 is 0. The fourth-order valence-electron chi connectivity index (χ4n) is 3.97. The van der Waals surface area contributed by atoms with E-state index >= 15 is 0 Å². The predicted octanol–water partition coefficient (Wildman–Crippen LogP) is 5.57. The monoisotopic (exact) mass is 296 g/mol. The lowest BCUT2D eigenvalue weighted by Gasteiger charge is -2.33. The number of nitrogens with one attached hydrogen (secondary N) is 1. The van der Waals surface area contributed by atoms with Gasteiger partial charge < -0.3 is 0 Å². The molecule has 1 rings (SSSR count). The lowest BCUT2D eigenvalue weighted by Crippen LogP contribution is -2.42. The zero-order valence-corrected chi connectivity index (χ0v) is 14.7. The van der Waals surface area contributed by atoms with Crippen LogP contribution in [0.5, 0.6) is 0 Å². The molecule has 0 radical (unpaired) electrons. The lowest BCUT2D eigenvalue weighted by atomic mass is 9.76. The van der Waals surface area contributed by atoms with Crippen LogP contribution in [0.15, 0.2) is 0 Å². The molecular formula is C19H40N2. The summed E-state index contributed by atoms with van der Waals surface area (Å²) in [6.45, 7) is 4.59. The van der Waals surface area contributed by atoms with Crippen molar-refractivity contribution in [3.63, 3.8) is 0 Å². The van der Waals surface area contributed by atoms with Crippen molar-refractivity contribution in [1.82, 2.24) is 5.43 Å². The van der Waals surface area contributed by atoms with Crippen LogP contribution >= 0.6 is 0 Å². The molecule has 1 saturated carbocycles. The van der Waals surface area contributed by atoms with Gasteiger partial charge in [-0.05, 0) is 31.1 Å². The SMILES string of the molecule is CCCCCCCCC(NN)C1CCC(CCCC)CC1. The minimum Gasteiger partial charge on any atom is -0.271 e. The van der Waals surface area contributed by atoms with E-state index in [0.717, 1.165) is 11.8 Å². The Kier molecular flexibility index (Phi) is 11.3. The molecule has 0 bridgehead atoms. The van der Waals surface area contributed by atoms with Crippen LogP contribution in [-0.2, 0) is 0 Å². The highest BCUT2D eigenvalue weighted by molar-refractivity contribution is 4.80. The number of hydrazine groups is 1. The summed E-state index contributed by atoms with van der Waals surface area (Å²) in [5, 5.41) is 0. The number of unbranched alkanes of at least 4 members (excludes halogenated alkanes) is 6. The molecule has 1 fully saturated rings. The second kappa shape index (κ2) is 12.5. The van der Waals surface area contributed by atoms with Crippen molar-refractivity contribution in [3.05, 3.63) is 0 Å². The van der Waals surface area contributed by atoms with Crippen molar-refractivity contribution in [1.29, 1.82) is 0 Å². The van der Waals surface area contributed by atoms with Gasteiger partial charge in [-0.25, -0.2) is 0 Å². The van der Waals surface area contributed by atoms with Crippen LogP contribution in [0.3, 0.4) is 0 Å². The van der Waals surface area contributed by atoms with Gasteiger partial charge in [-0.3, -0.25) is 11.3 Å². The molecule has 3 N–H and O–H groups in total. The highest BCUT2D eigenvalue weighted by Gasteiger charge is 2.26. The van der Waals surface area contributed by atoms with E-state index in [1.807, 2.05) is 0 Å². The van der Waals surface area contributed by atoms with Crippen molar-refractivity contribution in [2.24, 2.45) is 17.7 Å². The molecule has 0 aromatic rings. The number of rotatable bonds is 12. The maximum Gasteiger partial charge on any atom is 0.0238 e. The Hall–Kier alpha value is -0.0800. The van der Waals surface area contributed by atoms with E-state index in [1.165, 1.54) is 89.9 Å². The molecule has 0 spiro atoms. The molecule has 21 heavy (non-hydrogen) atoms. The molecule has 2 heteroatoms. The highest BCUT2D eigenvalue weighted by atomic mass is 15.2. The highest BCUT2D eigenvalue weighted by Crippen LogP contribution is 2.34. The van der Waals surface area contributed by atoms with Crippen molar-refractivity contribution in [2.45, 2.75) is 110 Å². The van der Waals surface area contributed by atoms with E-state index < -0.39 is 0 Å². The summed E-state index contributed by atoms with van der Waals surface area (Å²) in [5.41, 5.74) is 3.13. The van der Waals surface area contributed by atoms with Gasteiger partial charge >= 0.3 is 0 Å². The first-order valence-corrected chi connectivity index (χ1v) is 9.77. The van der Waals surface area contributed by atoms with Crippen molar-refractivity contribution in [3.8, 4) is 0 Å². The number of hydrogen-bond acceptors (Lipinski definition) is 2. The van der Waals surface area contributed by atoms with Gasteiger partial charge in [0.1, 0.15) is 0 Å². The molecule has 0 saturated heterocycles. The predicted molar refractivity (Wildman–Crippen MR) is 94.1 cm³/mol. The Labute approximate surface area is 133 Å². The van der Waals surface area contributed by atoms with Gasteiger partial charge in [-0.15, -0.1) is 0 Å². The van der Waals surface area contributed by atoms with Gasteiger partial charge in [-0.1, -0.05) is 84.5 Å². The smallest absolute Gasteiger partial charge is 0.0238 e. The normalized spacial score (nSPS) is 24.1. The molecule has 0 aromatic carbocycles. The van der Waals surface area contributed by atoms with Gasteiger partial charge in [0.15, 0.2) is 0 Å². The molecule has 0 heterocycles. The van der Waals surface area contributed by atoms with Gasteiger partial charge in [0, 0.05) is 6.04 Å². The van der Waals surface area contributed by atoms with Crippen LogP contribution in [0, 0.1) is 11.8 Å². The van der Waals surface area contributed by atoms with E-state index in [4.69, 9.17) is 5.84 Å². The van der Waals surface area contributed by atoms with Crippen molar-refractivity contribution < 1.29 is 0 Å². The summed E-state index contributed by atoms with van der Waals surface area (Å²) in [5.74, 6) is 7.68. The molecule has 0 aliphatic heterocycles. The van der Waals surface area contributed by atoms with Crippen LogP contribution in [0.25, 0.3) is 0 Å². The molecule has 1 atom stereocenters. The molecule has 1 unspecified atom stereocenters. The second-order valence-electron chi connectivity index (χ2n) is 7.25. The van der Waals surface area contributed by atoms with E-state index in [1.54, 1.807) is 0 Å². The first kappa shape index (κ1) is 19.0. The Balaban J connectivity index is 2.12. The summed E-state index contributed by atoms with van der Waals surface area (Å²) in [6.07, 6.45) is 19.5. The molecule has 1 aliphatic carbocycles. The first-order chi connectivity index (χ1) is 10.3. The van der Waals surface area contributed by atoms with Crippen LogP contribution in [0.4, 0.5) is 0 Å². The maximum atomic E-state index is 5.83. The zero-order chi connectivity index (χ0) is 15.3. The van der Waals surface area contributed by atoms with Crippen LogP contribution < -0.4 is 11.3 Å². The Bertz CT molecular complexity index is 222. The zero-order valence-electron chi connectivity index (χ0n) is 14.7. The standard InChI is InChI=1S/C19H40N2/c1-3-5-7-8-9-10-12-19(21-20)18-15-13-17(14-16-18)11-6-4-2/h17-19,21H,3-16,20H2,1-2H3. The molecule has 126 valence electrons. The Morgan fingerprint density at radius 3 is 2.10 bits per heavy atom. The van der Waals surface area contributed by atoms with Crippen molar-refractivity contribution in [2.75, 3.05) is 0 Å². The largest absolute Gasteiger partial charge is 0.271 e. The average Bonchev–Trinajstić information content (AvgIpc) is 2.53. The quantitative estimate of drug-likeness (QED) is 0.281. The maximum absolute atomic E-state index is 5.83. The fourth-order valence-corrected chi connectivity index (χ4v) is 3.97. The molecule has 1 aliphatic rings. The lowest BCUT2D eigenvalue weighted by molar-refractivity contribution is 0.204. The van der Waals surface area contributed by atoms with Crippen LogP contribution in [0.1, 0.15) is 104 Å². The van der Waals surface area contributed by atoms with Gasteiger partial charge in [-0.2, -0.15) is 0 Å². The summed E-state index contributed by atoms with van der Waals surface area (Å²) in [6, 6.07) is 0.573. The van der Waals surface area contributed by atoms with Gasteiger partial charge in [0.2, 0.25) is 0 Å². The molecular weight excluding hydrogens is 256 g/mol. The van der Waals surface area contributed by atoms with E-state index in [0.29, 0.717) is 6.04 Å². The summed E-state index contributed by atoms with van der Waals surface area (Å²) in [4.78, 5) is 0. The third kappa shape index (κ3) is 8.21. The third-order valence-electron chi connectivity index (χ3n) is 5.51. The molecule has 0 amide bonds. The average molecular weight is 297 g/mol. The molecule has 2 nitrogen and oxygen atoms in total. The minimum absolute atomic E-state index is 0.573. The van der Waals surface area contributed by atoms with Crippen LogP contribution in [-0.4, -0.2) is 6.04 Å². The number of nitrogens with two attached hydrogens (primary N) is 1. The van der Waals surface area contributed by atoms with Gasteiger partial charge in [0.25, 0.3) is 0 Å². The van der Waals surface area contributed by atoms with E-state index in [-0.39, 0.29) is 0 Å². The topological polar surface area (TPSA) is 38.0 Å². The number of hydrogen-bond donors (Lipinski definition) is 2. The van der Waals surface area contributed by atoms with E-state index in [2.05, 4.69) is 19.3 Å².